The fourth-order valence-corrected chi connectivity index (χ4v) is 4.27. The van der Waals surface area contributed by atoms with Crippen LogP contribution in [0.3, 0.4) is 0 Å². The molecule has 0 saturated heterocycles. The lowest BCUT2D eigenvalue weighted by Gasteiger charge is -2.36. The highest BCUT2D eigenvalue weighted by atomic mass is 19.1. The molecule has 0 saturated carbocycles. The van der Waals surface area contributed by atoms with Crippen LogP contribution in [0.15, 0.2) is 72.8 Å². The predicted octanol–water partition coefficient (Wildman–Crippen LogP) is 4.49. The number of hydrogen-bond acceptors (Lipinski definition) is 3. The summed E-state index contributed by atoms with van der Waals surface area (Å²) in [7, 11) is 4.06. The number of carbonyl (C=O) groups is 1. The average Bonchev–Trinajstić information content (AvgIpc) is 2.84. The lowest BCUT2D eigenvalue weighted by atomic mass is 9.96. The number of nitrogens with zero attached hydrogens (tertiary/aromatic N) is 2. The maximum atomic E-state index is 13.1. The van der Waals surface area contributed by atoms with Gasteiger partial charge in [0.2, 0.25) is 0 Å². The molecule has 6 heteroatoms. The van der Waals surface area contributed by atoms with Gasteiger partial charge in [0, 0.05) is 46.0 Å². The minimum Gasteiger partial charge on any atom is -0.378 e. The van der Waals surface area contributed by atoms with E-state index in [9.17, 15) is 9.18 Å². The van der Waals surface area contributed by atoms with E-state index >= 15 is 0 Å². The van der Waals surface area contributed by atoms with Gasteiger partial charge in [0.05, 0.1) is 6.04 Å². The number of fused-ring (bicyclic) bond motifs is 1. The molecule has 33 heavy (non-hydrogen) atoms. The highest BCUT2D eigenvalue weighted by Gasteiger charge is 2.25. The van der Waals surface area contributed by atoms with Crippen molar-refractivity contribution < 1.29 is 9.18 Å². The van der Waals surface area contributed by atoms with Crippen molar-refractivity contribution in [3.63, 3.8) is 0 Å². The van der Waals surface area contributed by atoms with Crippen LogP contribution in [0.5, 0.6) is 0 Å². The van der Waals surface area contributed by atoms with Gasteiger partial charge in [0.25, 0.3) is 0 Å². The number of anilines is 1. The van der Waals surface area contributed by atoms with Crippen LogP contribution in [-0.2, 0) is 19.5 Å². The standard InChI is InChI=1S/C27H31FN4O/c1-31(2)25-13-9-22(10-14-25)26(32-16-15-21-5-3-4-6-23(21)19-32)18-30-27(33)29-17-20-7-11-24(28)12-8-20/h3-14,26H,15-19H2,1-2H3,(H2,29,30,33). The number of nitrogens with one attached hydrogen (secondary N) is 2. The molecule has 0 spiro atoms. The van der Waals surface area contributed by atoms with E-state index < -0.39 is 0 Å². The van der Waals surface area contributed by atoms with Crippen molar-refractivity contribution in [2.45, 2.75) is 25.6 Å². The van der Waals surface area contributed by atoms with Gasteiger partial charge < -0.3 is 15.5 Å². The molecule has 3 aromatic carbocycles. The molecule has 0 fully saturated rings. The van der Waals surface area contributed by atoms with Crippen LogP contribution in [0.2, 0.25) is 0 Å². The van der Waals surface area contributed by atoms with Crippen molar-refractivity contribution >= 4 is 11.7 Å². The molecule has 3 aromatic rings. The molecule has 0 bridgehead atoms. The van der Waals surface area contributed by atoms with Gasteiger partial charge in [-0.25, -0.2) is 9.18 Å². The van der Waals surface area contributed by atoms with E-state index in [0.29, 0.717) is 13.1 Å². The summed E-state index contributed by atoms with van der Waals surface area (Å²) in [6.07, 6.45) is 0.999. The molecule has 1 aliphatic rings. The summed E-state index contributed by atoms with van der Waals surface area (Å²) in [5.74, 6) is -0.283. The fourth-order valence-electron chi connectivity index (χ4n) is 4.27. The summed E-state index contributed by atoms with van der Waals surface area (Å²) in [5, 5.41) is 5.92. The summed E-state index contributed by atoms with van der Waals surface area (Å²) >= 11 is 0. The molecular weight excluding hydrogens is 415 g/mol. The Labute approximate surface area is 195 Å². The third kappa shape index (κ3) is 5.90. The first-order chi connectivity index (χ1) is 16.0. The Hall–Kier alpha value is -3.38. The third-order valence-electron chi connectivity index (χ3n) is 6.22. The Morgan fingerprint density at radius 1 is 0.970 bits per heavy atom. The van der Waals surface area contributed by atoms with Gasteiger partial charge in [-0.2, -0.15) is 0 Å². The van der Waals surface area contributed by atoms with Gasteiger partial charge >= 0.3 is 6.03 Å². The number of benzene rings is 3. The van der Waals surface area contributed by atoms with E-state index in [1.54, 1.807) is 12.1 Å². The van der Waals surface area contributed by atoms with Crippen molar-refractivity contribution in [1.82, 2.24) is 15.5 Å². The zero-order valence-electron chi connectivity index (χ0n) is 19.2. The minimum absolute atomic E-state index is 0.0612. The lowest BCUT2D eigenvalue weighted by molar-refractivity contribution is 0.174. The van der Waals surface area contributed by atoms with E-state index in [4.69, 9.17) is 0 Å². The molecule has 2 N–H and O–H groups in total. The topological polar surface area (TPSA) is 47.6 Å². The van der Waals surface area contributed by atoms with E-state index in [1.807, 2.05) is 14.1 Å². The average molecular weight is 447 g/mol. The third-order valence-corrected chi connectivity index (χ3v) is 6.22. The van der Waals surface area contributed by atoms with Crippen LogP contribution in [0.1, 0.15) is 28.3 Å². The number of hydrogen-bond donors (Lipinski definition) is 2. The lowest BCUT2D eigenvalue weighted by Crippen LogP contribution is -2.43. The Morgan fingerprint density at radius 3 is 2.36 bits per heavy atom. The first-order valence-electron chi connectivity index (χ1n) is 11.3. The highest BCUT2D eigenvalue weighted by molar-refractivity contribution is 5.73. The van der Waals surface area contributed by atoms with Gasteiger partial charge in [-0.1, -0.05) is 48.5 Å². The second kappa shape index (κ2) is 10.5. The number of halogens is 1. The summed E-state index contributed by atoms with van der Waals surface area (Å²) in [6, 6.07) is 23.1. The Morgan fingerprint density at radius 2 is 1.67 bits per heavy atom. The summed E-state index contributed by atoms with van der Waals surface area (Å²) < 4.78 is 13.1. The minimum atomic E-state index is -0.283. The fraction of sp³-hybridized carbons (Fsp3) is 0.296. The SMILES string of the molecule is CN(C)c1ccc(C(CNC(=O)NCc2ccc(F)cc2)N2CCc3ccccc3C2)cc1. The van der Waals surface area contributed by atoms with E-state index in [0.717, 1.165) is 30.8 Å². The molecule has 1 atom stereocenters. The molecule has 172 valence electrons. The second-order valence-electron chi connectivity index (χ2n) is 8.68. The Bertz CT molecular complexity index is 1070. The number of rotatable bonds is 7. The molecule has 0 radical (unpaired) electrons. The van der Waals surface area contributed by atoms with Crippen molar-refractivity contribution in [1.29, 1.82) is 0 Å². The quantitative estimate of drug-likeness (QED) is 0.562. The molecular formula is C27H31FN4O. The maximum Gasteiger partial charge on any atom is 0.315 e. The zero-order valence-corrected chi connectivity index (χ0v) is 19.2. The van der Waals surface area contributed by atoms with Crippen molar-refractivity contribution in [2.24, 2.45) is 0 Å². The van der Waals surface area contributed by atoms with Crippen molar-refractivity contribution in [3.05, 3.63) is 101 Å². The Balaban J connectivity index is 1.44. The normalized spacial score (nSPS) is 14.3. The highest BCUT2D eigenvalue weighted by Crippen LogP contribution is 2.28. The van der Waals surface area contributed by atoms with Crippen LogP contribution in [-0.4, -0.2) is 38.1 Å². The van der Waals surface area contributed by atoms with Crippen LogP contribution < -0.4 is 15.5 Å². The number of carbonyl (C=O) groups excluding carboxylic acids is 1. The molecule has 0 aromatic heterocycles. The number of amides is 2. The van der Waals surface area contributed by atoms with Gasteiger partial charge in [-0.05, 0) is 52.9 Å². The smallest absolute Gasteiger partial charge is 0.315 e. The van der Waals surface area contributed by atoms with Crippen LogP contribution in [0, 0.1) is 5.82 Å². The molecule has 1 heterocycles. The molecule has 4 rings (SSSR count). The van der Waals surface area contributed by atoms with Crippen LogP contribution in [0.25, 0.3) is 0 Å². The van der Waals surface area contributed by atoms with E-state index in [2.05, 4.69) is 69.0 Å². The van der Waals surface area contributed by atoms with E-state index in [-0.39, 0.29) is 17.9 Å². The summed E-state index contributed by atoms with van der Waals surface area (Å²) in [6.45, 7) is 2.65. The molecule has 1 unspecified atom stereocenters. The van der Waals surface area contributed by atoms with Gasteiger partial charge in [0.1, 0.15) is 5.82 Å². The first-order valence-corrected chi connectivity index (χ1v) is 11.3. The molecule has 0 aliphatic carbocycles. The van der Waals surface area contributed by atoms with Gasteiger partial charge in [-0.15, -0.1) is 0 Å². The van der Waals surface area contributed by atoms with Crippen LogP contribution >= 0.6 is 0 Å². The largest absolute Gasteiger partial charge is 0.378 e. The van der Waals surface area contributed by atoms with Crippen molar-refractivity contribution in [3.8, 4) is 0 Å². The monoisotopic (exact) mass is 446 g/mol. The number of urea groups is 1. The molecule has 1 aliphatic heterocycles. The second-order valence-corrected chi connectivity index (χ2v) is 8.68. The van der Waals surface area contributed by atoms with Crippen LogP contribution in [0.4, 0.5) is 14.9 Å². The van der Waals surface area contributed by atoms with Crippen molar-refractivity contribution in [2.75, 3.05) is 32.1 Å². The first kappa shape index (κ1) is 22.8. The van der Waals surface area contributed by atoms with E-state index in [1.165, 1.54) is 28.8 Å². The maximum absolute atomic E-state index is 13.1. The molecule has 5 nitrogen and oxygen atoms in total. The predicted molar refractivity (Wildman–Crippen MR) is 131 cm³/mol. The summed E-state index contributed by atoms with van der Waals surface area (Å²) in [5.41, 5.74) is 5.93. The van der Waals surface area contributed by atoms with Gasteiger partial charge in [-0.3, -0.25) is 4.90 Å². The Kier molecular flexibility index (Phi) is 7.25. The summed E-state index contributed by atoms with van der Waals surface area (Å²) in [4.78, 5) is 17.0. The van der Waals surface area contributed by atoms with Gasteiger partial charge in [0.15, 0.2) is 0 Å². The zero-order chi connectivity index (χ0) is 23.2. The molecule has 2 amide bonds.